The molecule has 1 atom stereocenters. The van der Waals surface area contributed by atoms with Gasteiger partial charge >= 0.3 is 11.9 Å². The number of allylic oxidation sites excluding steroid dienone is 1. The van der Waals surface area contributed by atoms with Gasteiger partial charge in [0.1, 0.15) is 11.6 Å². The van der Waals surface area contributed by atoms with Crippen LogP contribution in [0.25, 0.3) is 5.57 Å². The third-order valence-corrected chi connectivity index (χ3v) is 5.80. The van der Waals surface area contributed by atoms with Crippen molar-refractivity contribution in [2.45, 2.75) is 70.1 Å². The number of carboxylic acids is 1. The standard InChI is InChI=1S/C20H26N2O4/c1-19(2,3)26-18(25)14-11-22-10-13(17(23)24)15-16(22)12(9-21-14)5-8-20(15)6-4-7-20/h5,10,14,21H,4,6-9,11H2,1-3H3,(H,23,24). The van der Waals surface area contributed by atoms with Gasteiger partial charge in [0.2, 0.25) is 0 Å². The molecule has 1 aromatic rings. The molecule has 0 bridgehead atoms. The molecule has 1 aromatic heterocycles. The maximum absolute atomic E-state index is 12.6. The fourth-order valence-electron chi connectivity index (χ4n) is 4.50. The van der Waals surface area contributed by atoms with E-state index in [4.69, 9.17) is 4.74 Å². The molecule has 0 aromatic carbocycles. The number of rotatable bonds is 2. The lowest BCUT2D eigenvalue weighted by Crippen LogP contribution is -2.43. The highest BCUT2D eigenvalue weighted by Crippen LogP contribution is 2.53. The van der Waals surface area contributed by atoms with Crippen molar-refractivity contribution in [1.82, 2.24) is 9.88 Å². The highest BCUT2D eigenvalue weighted by atomic mass is 16.6. The van der Waals surface area contributed by atoms with E-state index in [2.05, 4.69) is 11.4 Å². The van der Waals surface area contributed by atoms with Gasteiger partial charge in [-0.05, 0) is 51.2 Å². The lowest BCUT2D eigenvalue weighted by atomic mass is 9.59. The summed E-state index contributed by atoms with van der Waals surface area (Å²) in [7, 11) is 0. The van der Waals surface area contributed by atoms with Crippen molar-refractivity contribution in [3.8, 4) is 0 Å². The first-order valence-electron chi connectivity index (χ1n) is 9.33. The second-order valence-electron chi connectivity index (χ2n) is 8.76. The van der Waals surface area contributed by atoms with Crippen molar-refractivity contribution >= 4 is 17.5 Å². The number of hydrogen-bond acceptors (Lipinski definition) is 4. The Morgan fingerprint density at radius 1 is 1.35 bits per heavy atom. The molecule has 26 heavy (non-hydrogen) atoms. The summed E-state index contributed by atoms with van der Waals surface area (Å²) in [5.74, 6) is -1.18. The van der Waals surface area contributed by atoms with E-state index in [1.54, 1.807) is 6.20 Å². The molecule has 0 amide bonds. The minimum atomic E-state index is -0.880. The van der Waals surface area contributed by atoms with Crippen molar-refractivity contribution < 1.29 is 19.4 Å². The number of fused-ring (bicyclic) bond motifs is 1. The maximum atomic E-state index is 12.6. The van der Waals surface area contributed by atoms with Gasteiger partial charge < -0.3 is 14.4 Å². The number of carbonyl (C=O) groups is 2. The van der Waals surface area contributed by atoms with E-state index in [0.29, 0.717) is 18.7 Å². The Bertz CT molecular complexity index is 809. The SMILES string of the molecule is CC(C)(C)OC(=O)C1Cn2cc(C(=O)O)c3c2C(=CCC32CCC2)CN1. The maximum Gasteiger partial charge on any atom is 0.337 e. The van der Waals surface area contributed by atoms with E-state index >= 15 is 0 Å². The number of esters is 1. The summed E-state index contributed by atoms with van der Waals surface area (Å²) in [5, 5.41) is 13.1. The van der Waals surface area contributed by atoms with Gasteiger partial charge in [-0.1, -0.05) is 12.5 Å². The molecule has 2 aliphatic carbocycles. The van der Waals surface area contributed by atoms with Crippen LogP contribution in [0.2, 0.25) is 0 Å². The molecule has 6 heteroatoms. The fourth-order valence-corrected chi connectivity index (χ4v) is 4.50. The van der Waals surface area contributed by atoms with Crippen molar-refractivity contribution in [3.05, 3.63) is 29.1 Å². The molecule has 0 saturated heterocycles. The first-order valence-corrected chi connectivity index (χ1v) is 9.33. The van der Waals surface area contributed by atoms with E-state index in [0.717, 1.165) is 42.5 Å². The molecule has 3 aliphatic rings. The predicted molar refractivity (Wildman–Crippen MR) is 97.2 cm³/mol. The number of ether oxygens (including phenoxy) is 1. The third-order valence-electron chi connectivity index (χ3n) is 5.80. The number of aromatic carboxylic acids is 1. The van der Waals surface area contributed by atoms with Crippen LogP contribution in [-0.2, 0) is 21.5 Å². The molecule has 6 nitrogen and oxygen atoms in total. The normalized spacial score (nSPS) is 23.5. The van der Waals surface area contributed by atoms with Crippen molar-refractivity contribution in [2.75, 3.05) is 6.54 Å². The largest absolute Gasteiger partial charge is 0.478 e. The predicted octanol–water partition coefficient (Wildman–Crippen LogP) is 2.71. The molecule has 1 unspecified atom stereocenters. The summed E-state index contributed by atoms with van der Waals surface area (Å²) in [6, 6.07) is -0.490. The Balaban J connectivity index is 1.75. The molecule has 1 aliphatic heterocycles. The number of carbonyl (C=O) groups excluding carboxylic acids is 1. The average molecular weight is 358 g/mol. The minimum Gasteiger partial charge on any atom is -0.478 e. The van der Waals surface area contributed by atoms with Crippen LogP contribution >= 0.6 is 0 Å². The van der Waals surface area contributed by atoms with Gasteiger partial charge in [-0.2, -0.15) is 0 Å². The zero-order valence-electron chi connectivity index (χ0n) is 15.6. The number of aromatic nitrogens is 1. The molecular formula is C20H26N2O4. The Kier molecular flexibility index (Phi) is 3.81. The molecule has 4 rings (SSSR count). The Morgan fingerprint density at radius 2 is 2.08 bits per heavy atom. The third kappa shape index (κ3) is 2.67. The number of hydrogen-bond donors (Lipinski definition) is 2. The average Bonchev–Trinajstić information content (AvgIpc) is 2.77. The van der Waals surface area contributed by atoms with Gasteiger partial charge in [0.15, 0.2) is 0 Å². The molecule has 1 fully saturated rings. The van der Waals surface area contributed by atoms with Gasteiger partial charge in [-0.15, -0.1) is 0 Å². The second kappa shape index (κ2) is 5.71. The monoisotopic (exact) mass is 358 g/mol. The summed E-state index contributed by atoms with van der Waals surface area (Å²) >= 11 is 0. The van der Waals surface area contributed by atoms with E-state index in [-0.39, 0.29) is 11.4 Å². The molecule has 1 saturated carbocycles. The first-order chi connectivity index (χ1) is 12.2. The summed E-state index contributed by atoms with van der Waals surface area (Å²) in [6.45, 7) is 6.49. The molecule has 1 spiro atoms. The van der Waals surface area contributed by atoms with Gasteiger partial charge in [0.05, 0.1) is 5.56 Å². The zero-order chi connectivity index (χ0) is 18.7. The van der Waals surface area contributed by atoms with Gasteiger partial charge in [-0.3, -0.25) is 10.1 Å². The molecule has 2 N–H and O–H groups in total. The number of nitrogens with one attached hydrogen (secondary N) is 1. The minimum absolute atomic E-state index is 0.0242. The van der Waals surface area contributed by atoms with Gasteiger partial charge in [-0.25, -0.2) is 4.79 Å². The number of carboxylic acid groups (broad SMARTS) is 1. The molecular weight excluding hydrogens is 332 g/mol. The van der Waals surface area contributed by atoms with Crippen LogP contribution in [0.5, 0.6) is 0 Å². The second-order valence-corrected chi connectivity index (χ2v) is 8.76. The quantitative estimate of drug-likeness (QED) is 0.795. The van der Waals surface area contributed by atoms with E-state index in [1.165, 1.54) is 0 Å². The van der Waals surface area contributed by atoms with Crippen LogP contribution in [0, 0.1) is 0 Å². The van der Waals surface area contributed by atoms with Crippen LogP contribution in [-0.4, -0.2) is 39.8 Å². The number of nitrogens with zero attached hydrogens (tertiary/aromatic N) is 1. The van der Waals surface area contributed by atoms with Crippen LogP contribution in [0.1, 0.15) is 68.1 Å². The van der Waals surface area contributed by atoms with Crippen LogP contribution in [0.15, 0.2) is 12.3 Å². The highest BCUT2D eigenvalue weighted by molar-refractivity contribution is 5.93. The lowest BCUT2D eigenvalue weighted by molar-refractivity contribution is -0.157. The van der Waals surface area contributed by atoms with Gasteiger partial charge in [0.25, 0.3) is 0 Å². The summed E-state index contributed by atoms with van der Waals surface area (Å²) in [5.41, 5.74) is 2.91. The van der Waals surface area contributed by atoms with Crippen molar-refractivity contribution in [2.24, 2.45) is 0 Å². The fraction of sp³-hybridized carbons (Fsp3) is 0.600. The van der Waals surface area contributed by atoms with Crippen LogP contribution in [0.3, 0.4) is 0 Å². The van der Waals surface area contributed by atoms with Crippen LogP contribution in [0.4, 0.5) is 0 Å². The summed E-state index contributed by atoms with van der Waals surface area (Å²) in [6.07, 6.45) is 8.06. The lowest BCUT2D eigenvalue weighted by Gasteiger charge is -2.45. The van der Waals surface area contributed by atoms with Gasteiger partial charge in [0, 0.05) is 30.4 Å². The Morgan fingerprint density at radius 3 is 2.65 bits per heavy atom. The van der Waals surface area contributed by atoms with E-state index in [1.807, 2.05) is 25.3 Å². The Hall–Kier alpha value is -2.08. The molecule has 2 heterocycles. The van der Waals surface area contributed by atoms with E-state index < -0.39 is 17.6 Å². The summed E-state index contributed by atoms with van der Waals surface area (Å²) in [4.78, 5) is 24.5. The smallest absolute Gasteiger partial charge is 0.337 e. The van der Waals surface area contributed by atoms with Crippen molar-refractivity contribution in [1.29, 1.82) is 0 Å². The van der Waals surface area contributed by atoms with Crippen molar-refractivity contribution in [3.63, 3.8) is 0 Å². The topological polar surface area (TPSA) is 80.6 Å². The zero-order valence-corrected chi connectivity index (χ0v) is 15.6. The molecule has 140 valence electrons. The highest BCUT2D eigenvalue weighted by Gasteiger charge is 2.47. The first kappa shape index (κ1) is 17.3. The molecule has 0 radical (unpaired) electrons. The Labute approximate surface area is 153 Å². The summed E-state index contributed by atoms with van der Waals surface area (Å²) < 4.78 is 7.50. The van der Waals surface area contributed by atoms with Crippen LogP contribution < -0.4 is 5.32 Å². The van der Waals surface area contributed by atoms with E-state index in [9.17, 15) is 14.7 Å².